The van der Waals surface area contributed by atoms with E-state index in [1.54, 1.807) is 19.9 Å². The fourth-order valence-corrected chi connectivity index (χ4v) is 2.83. The first-order valence-electron chi connectivity index (χ1n) is 11.8. The third kappa shape index (κ3) is 10.3. The monoisotopic (exact) mass is 450 g/mol. The highest BCUT2D eigenvalue weighted by atomic mass is 16.5. The predicted octanol–water partition coefficient (Wildman–Crippen LogP) is 4.10. The van der Waals surface area contributed by atoms with Crippen LogP contribution in [0.3, 0.4) is 0 Å². The van der Waals surface area contributed by atoms with Gasteiger partial charge < -0.3 is 24.1 Å². The summed E-state index contributed by atoms with van der Waals surface area (Å²) in [6, 6.07) is 0. The molecule has 0 aromatic carbocycles. The van der Waals surface area contributed by atoms with Crippen molar-refractivity contribution in [2.24, 2.45) is 23.2 Å². The lowest BCUT2D eigenvalue weighted by Crippen LogP contribution is -2.54. The first-order valence-corrected chi connectivity index (χ1v) is 11.8. The van der Waals surface area contributed by atoms with E-state index in [4.69, 9.17) is 34.6 Å². The molecule has 0 amide bonds. The van der Waals surface area contributed by atoms with Gasteiger partial charge in [-0.05, 0) is 52.9 Å². The minimum absolute atomic E-state index is 0.0703. The molecule has 0 aliphatic rings. The molecule has 0 rings (SSSR count). The van der Waals surface area contributed by atoms with Crippen molar-refractivity contribution in [2.75, 3.05) is 33.0 Å². The Bertz CT molecular complexity index is 539. The van der Waals surface area contributed by atoms with E-state index in [2.05, 4.69) is 20.4 Å². The fraction of sp³-hybridized carbons (Fsp3) is 0.920. The Kier molecular flexibility index (Phi) is 12.8. The molecule has 0 heterocycles. The van der Waals surface area contributed by atoms with Crippen LogP contribution in [0.15, 0.2) is 12.7 Å². The summed E-state index contributed by atoms with van der Waals surface area (Å²) in [5, 5.41) is 10.6. The van der Waals surface area contributed by atoms with Crippen LogP contribution in [-0.4, -0.2) is 76.5 Å². The molecule has 184 valence electrons. The van der Waals surface area contributed by atoms with Crippen LogP contribution in [-0.2, 0) is 18.9 Å². The lowest BCUT2D eigenvalue weighted by atomic mass is 9.58. The largest absolute Gasteiger partial charge is 0.390 e. The van der Waals surface area contributed by atoms with Gasteiger partial charge in [-0.1, -0.05) is 33.8 Å². The van der Waals surface area contributed by atoms with Crippen LogP contribution in [0.25, 0.3) is 0 Å². The number of hydrogen-bond donors (Lipinski definition) is 1. The second-order valence-electron chi connectivity index (χ2n) is 11.0. The van der Waals surface area contributed by atoms with E-state index < -0.39 is 22.0 Å². The Morgan fingerprint density at radius 3 is 1.81 bits per heavy atom. The number of ether oxygens (including phenoxy) is 4. The molecule has 0 aliphatic carbocycles. The van der Waals surface area contributed by atoms with Gasteiger partial charge in [0.05, 0.1) is 44.7 Å². The highest BCUT2D eigenvalue weighted by Crippen LogP contribution is 2.41. The van der Waals surface area contributed by atoms with Gasteiger partial charge in [-0.3, -0.25) is 0 Å². The van der Waals surface area contributed by atoms with Crippen molar-refractivity contribution in [1.29, 1.82) is 0 Å². The van der Waals surface area contributed by atoms with E-state index in [-0.39, 0.29) is 30.5 Å². The van der Waals surface area contributed by atoms with Crippen molar-refractivity contribution in [3.63, 3.8) is 0 Å². The molecule has 7 heteroatoms. The molecular weight excluding hydrogens is 402 g/mol. The Hall–Kier alpha value is -0.330. The van der Waals surface area contributed by atoms with Crippen LogP contribution >= 0.6 is 0 Å². The Labute approximate surface area is 200 Å². The van der Waals surface area contributed by atoms with Crippen LogP contribution < -0.4 is 0 Å². The van der Waals surface area contributed by atoms with Crippen LogP contribution in [0.4, 0.5) is 0 Å². The zero-order valence-electron chi connectivity index (χ0n) is 22.4. The molecule has 0 aromatic heterocycles. The third-order valence-electron chi connectivity index (χ3n) is 6.81. The minimum atomic E-state index is -1.02. The topological polar surface area (TPSA) is 57.2 Å². The molecule has 1 N–H and O–H groups in total. The zero-order chi connectivity index (χ0) is 25.4. The molecule has 4 radical (unpaired) electrons. The molecule has 0 spiro atoms. The summed E-state index contributed by atoms with van der Waals surface area (Å²) in [6.45, 7) is 25.0. The second-order valence-corrected chi connectivity index (χ2v) is 11.0. The summed E-state index contributed by atoms with van der Waals surface area (Å²) < 4.78 is 23.9. The van der Waals surface area contributed by atoms with Gasteiger partial charge in [0, 0.05) is 22.8 Å². The van der Waals surface area contributed by atoms with E-state index in [0.29, 0.717) is 26.4 Å². The summed E-state index contributed by atoms with van der Waals surface area (Å²) in [7, 11) is 13.1. The first-order chi connectivity index (χ1) is 14.4. The molecular formula is C25H48B2O5. The standard InChI is InChI=1S/C25H48B2O5/c1-12-13-29-14-21(23(8,9)28)17-32-25(11,27)22(6,7)20(15-30-19(4)5)16-31-24(10,26)18(2)3/h12,18-21,28H,1,13-17H2,2-11H3. The molecule has 5 nitrogen and oxygen atoms in total. The van der Waals surface area contributed by atoms with E-state index in [1.165, 1.54) is 0 Å². The van der Waals surface area contributed by atoms with E-state index in [0.717, 1.165) is 0 Å². The summed E-state index contributed by atoms with van der Waals surface area (Å²) in [6.07, 6.45) is 1.76. The Morgan fingerprint density at radius 2 is 1.38 bits per heavy atom. The van der Waals surface area contributed by atoms with Crippen molar-refractivity contribution < 1.29 is 24.1 Å². The lowest BCUT2D eigenvalue weighted by Gasteiger charge is -2.49. The van der Waals surface area contributed by atoms with E-state index in [1.807, 2.05) is 41.5 Å². The number of rotatable bonds is 17. The molecule has 0 aromatic rings. The normalized spacial score (nSPS) is 18.9. The van der Waals surface area contributed by atoms with Gasteiger partial charge >= 0.3 is 0 Å². The smallest absolute Gasteiger partial charge is 0.114 e. The first kappa shape index (κ1) is 31.7. The molecule has 0 aliphatic heterocycles. The molecule has 0 bridgehead atoms. The zero-order valence-corrected chi connectivity index (χ0v) is 22.4. The molecule has 4 atom stereocenters. The number of aliphatic hydroxyl groups is 1. The van der Waals surface area contributed by atoms with E-state index in [9.17, 15) is 5.11 Å². The van der Waals surface area contributed by atoms with Crippen molar-refractivity contribution in [1.82, 2.24) is 0 Å². The Balaban J connectivity index is 5.51. The fourth-order valence-electron chi connectivity index (χ4n) is 2.83. The van der Waals surface area contributed by atoms with Crippen LogP contribution in [0.5, 0.6) is 0 Å². The van der Waals surface area contributed by atoms with Crippen LogP contribution in [0.1, 0.15) is 69.2 Å². The highest BCUT2D eigenvalue weighted by Gasteiger charge is 2.45. The van der Waals surface area contributed by atoms with Gasteiger partial charge in [0.2, 0.25) is 0 Å². The van der Waals surface area contributed by atoms with Crippen molar-refractivity contribution in [2.45, 2.75) is 91.9 Å². The van der Waals surface area contributed by atoms with Gasteiger partial charge in [0.1, 0.15) is 15.7 Å². The molecule has 0 fully saturated rings. The van der Waals surface area contributed by atoms with E-state index >= 15 is 0 Å². The maximum absolute atomic E-state index is 10.6. The average molecular weight is 450 g/mol. The van der Waals surface area contributed by atoms with Gasteiger partial charge in [0.15, 0.2) is 0 Å². The summed E-state index contributed by atoms with van der Waals surface area (Å²) in [5.74, 6) is -0.170. The molecule has 4 unspecified atom stereocenters. The second kappa shape index (κ2) is 12.9. The molecule has 32 heavy (non-hydrogen) atoms. The summed E-state index contributed by atoms with van der Waals surface area (Å²) in [4.78, 5) is 0. The van der Waals surface area contributed by atoms with Crippen molar-refractivity contribution in [3.8, 4) is 0 Å². The minimum Gasteiger partial charge on any atom is -0.390 e. The van der Waals surface area contributed by atoms with Crippen LogP contribution in [0, 0.1) is 23.2 Å². The molecule has 0 saturated heterocycles. The highest BCUT2D eigenvalue weighted by molar-refractivity contribution is 6.15. The van der Waals surface area contributed by atoms with Crippen molar-refractivity contribution >= 4 is 15.7 Å². The number of hydrogen-bond acceptors (Lipinski definition) is 5. The van der Waals surface area contributed by atoms with Crippen LogP contribution in [0.2, 0.25) is 0 Å². The Morgan fingerprint density at radius 1 is 0.844 bits per heavy atom. The SMILES string of the molecule is [B]C(C)(OCC(COC(C)C)C(C)(C)C([B])(C)OCC(COCC=C)C(C)(C)O)C(C)C. The van der Waals surface area contributed by atoms with Gasteiger partial charge in [0.25, 0.3) is 0 Å². The lowest BCUT2D eigenvalue weighted by molar-refractivity contribution is -0.149. The average Bonchev–Trinajstić information content (AvgIpc) is 2.62. The van der Waals surface area contributed by atoms with Crippen molar-refractivity contribution in [3.05, 3.63) is 12.7 Å². The summed E-state index contributed by atoms with van der Waals surface area (Å²) >= 11 is 0. The maximum Gasteiger partial charge on any atom is 0.114 e. The molecule has 0 saturated carbocycles. The third-order valence-corrected chi connectivity index (χ3v) is 6.81. The van der Waals surface area contributed by atoms with Gasteiger partial charge in [-0.2, -0.15) is 0 Å². The quantitative estimate of drug-likeness (QED) is 0.206. The van der Waals surface area contributed by atoms with Gasteiger partial charge in [-0.15, -0.1) is 6.58 Å². The predicted molar refractivity (Wildman–Crippen MR) is 134 cm³/mol. The van der Waals surface area contributed by atoms with Gasteiger partial charge in [-0.25, -0.2) is 0 Å². The maximum atomic E-state index is 10.6. The summed E-state index contributed by atoms with van der Waals surface area (Å²) in [5.41, 5.74) is -3.29.